The van der Waals surface area contributed by atoms with Crippen LogP contribution in [0.1, 0.15) is 44.9 Å². The van der Waals surface area contributed by atoms with E-state index in [4.69, 9.17) is 4.52 Å². The lowest BCUT2D eigenvalue weighted by molar-refractivity contribution is 0.191. The Labute approximate surface area is 88.9 Å². The molecular weight excluding hydrogens is 194 g/mol. The van der Waals surface area contributed by atoms with E-state index in [-0.39, 0.29) is 17.6 Å². The van der Waals surface area contributed by atoms with Crippen molar-refractivity contribution >= 4 is 0 Å². The Morgan fingerprint density at radius 1 is 1.47 bits per heavy atom. The monoisotopic (exact) mass is 211 g/mol. The molecule has 1 aliphatic heterocycles. The molecule has 0 spiro atoms. The summed E-state index contributed by atoms with van der Waals surface area (Å²) in [6, 6.07) is 0.00333. The smallest absolute Gasteiger partial charge is 0.243 e. The zero-order valence-electron chi connectivity index (χ0n) is 9.32. The van der Waals surface area contributed by atoms with E-state index in [9.17, 15) is 5.11 Å². The van der Waals surface area contributed by atoms with E-state index in [1.807, 2.05) is 20.8 Å². The molecule has 1 aromatic heterocycles. The van der Waals surface area contributed by atoms with Gasteiger partial charge in [0.05, 0.1) is 12.1 Å². The Kier molecular flexibility index (Phi) is 2.52. The van der Waals surface area contributed by atoms with Gasteiger partial charge in [0.1, 0.15) is 0 Å². The topological polar surface area (TPSA) is 71.2 Å². The summed E-state index contributed by atoms with van der Waals surface area (Å²) in [5, 5.41) is 16.5. The van der Waals surface area contributed by atoms with Gasteiger partial charge in [0.25, 0.3) is 0 Å². The molecule has 2 rings (SSSR count). The summed E-state index contributed by atoms with van der Waals surface area (Å²) in [5.41, 5.74) is -0.0982. The number of rotatable bonds is 1. The number of nitrogens with one attached hydrogen (secondary N) is 1. The summed E-state index contributed by atoms with van der Waals surface area (Å²) >= 11 is 0. The number of aliphatic hydroxyl groups is 1. The molecule has 2 heterocycles. The van der Waals surface area contributed by atoms with E-state index in [1.54, 1.807) is 0 Å². The highest BCUT2D eigenvalue weighted by molar-refractivity contribution is 5.03. The summed E-state index contributed by atoms with van der Waals surface area (Å²) in [6.07, 6.45) is 0.339. The van der Waals surface area contributed by atoms with Crippen LogP contribution in [-0.2, 0) is 5.41 Å². The molecule has 5 heteroatoms. The fourth-order valence-electron chi connectivity index (χ4n) is 1.59. The highest BCUT2D eigenvalue weighted by Gasteiger charge is 2.30. The molecule has 15 heavy (non-hydrogen) atoms. The summed E-state index contributed by atoms with van der Waals surface area (Å²) in [4.78, 5) is 4.35. The Hall–Kier alpha value is -0.940. The number of aromatic nitrogens is 2. The van der Waals surface area contributed by atoms with Crippen LogP contribution in [0.5, 0.6) is 0 Å². The quantitative estimate of drug-likeness (QED) is 0.717. The van der Waals surface area contributed by atoms with Crippen LogP contribution in [0, 0.1) is 0 Å². The minimum absolute atomic E-state index is 0.00333. The number of β-amino-alcohol motifs (C(OH)–C–C–N with tert-alkyl or cyclic N) is 1. The van der Waals surface area contributed by atoms with Gasteiger partial charge < -0.3 is 14.9 Å². The number of nitrogens with zero attached hydrogens (tertiary/aromatic N) is 2. The predicted molar refractivity (Wildman–Crippen MR) is 54.4 cm³/mol. The largest absolute Gasteiger partial charge is 0.392 e. The molecule has 0 amide bonds. The molecule has 0 bridgehead atoms. The zero-order valence-corrected chi connectivity index (χ0v) is 9.32. The molecule has 0 saturated carbocycles. The van der Waals surface area contributed by atoms with E-state index < -0.39 is 0 Å². The predicted octanol–water partition coefficient (Wildman–Crippen LogP) is 0.762. The van der Waals surface area contributed by atoms with Crippen LogP contribution in [0.2, 0.25) is 0 Å². The molecule has 1 fully saturated rings. The van der Waals surface area contributed by atoms with Gasteiger partial charge in [-0.3, -0.25) is 0 Å². The lowest BCUT2D eigenvalue weighted by Crippen LogP contribution is -2.16. The van der Waals surface area contributed by atoms with Crippen LogP contribution in [0.4, 0.5) is 0 Å². The third-order valence-corrected chi connectivity index (χ3v) is 2.52. The maximum absolute atomic E-state index is 9.38. The van der Waals surface area contributed by atoms with Gasteiger partial charge in [-0.15, -0.1) is 0 Å². The maximum Gasteiger partial charge on any atom is 0.243 e. The molecule has 2 atom stereocenters. The number of hydrogen-bond donors (Lipinski definition) is 2. The van der Waals surface area contributed by atoms with Crippen molar-refractivity contribution in [3.05, 3.63) is 11.7 Å². The second-order valence-corrected chi connectivity index (χ2v) is 5.06. The zero-order chi connectivity index (χ0) is 11.1. The molecule has 2 N–H and O–H groups in total. The molecule has 0 aromatic carbocycles. The first-order chi connectivity index (χ1) is 6.97. The molecule has 1 aliphatic rings. The van der Waals surface area contributed by atoms with Gasteiger partial charge >= 0.3 is 0 Å². The molecule has 84 valence electrons. The Morgan fingerprint density at radius 3 is 2.67 bits per heavy atom. The Bertz CT molecular complexity index is 343. The number of aliphatic hydroxyl groups excluding tert-OH is 1. The Balaban J connectivity index is 2.14. The second-order valence-electron chi connectivity index (χ2n) is 5.06. The number of hydrogen-bond acceptors (Lipinski definition) is 5. The van der Waals surface area contributed by atoms with Crippen LogP contribution < -0.4 is 5.32 Å². The standard InChI is InChI=1S/C10H17N3O2/c1-10(2,3)9-12-8(15-13-9)7-4-6(14)5-11-7/h6-7,11,14H,4-5H2,1-3H3/t6-,7+/m0/s1. The fraction of sp³-hybridized carbons (Fsp3) is 0.800. The van der Waals surface area contributed by atoms with Crippen molar-refractivity contribution in [2.45, 2.75) is 44.8 Å². The van der Waals surface area contributed by atoms with Gasteiger partial charge in [-0.2, -0.15) is 4.98 Å². The van der Waals surface area contributed by atoms with Crippen LogP contribution >= 0.6 is 0 Å². The van der Waals surface area contributed by atoms with E-state index in [0.29, 0.717) is 24.7 Å². The van der Waals surface area contributed by atoms with Gasteiger partial charge in [-0.25, -0.2) is 0 Å². The van der Waals surface area contributed by atoms with Crippen molar-refractivity contribution in [3.63, 3.8) is 0 Å². The highest BCUT2D eigenvalue weighted by atomic mass is 16.5. The lowest BCUT2D eigenvalue weighted by Gasteiger charge is -2.11. The van der Waals surface area contributed by atoms with Crippen LogP contribution in [-0.4, -0.2) is 27.9 Å². The average Bonchev–Trinajstić information content (AvgIpc) is 2.69. The Morgan fingerprint density at radius 2 is 2.20 bits per heavy atom. The minimum atomic E-state index is -0.306. The van der Waals surface area contributed by atoms with Crippen molar-refractivity contribution in [3.8, 4) is 0 Å². The molecule has 1 saturated heterocycles. The molecule has 0 radical (unpaired) electrons. The van der Waals surface area contributed by atoms with Gasteiger partial charge in [-0.05, 0) is 6.42 Å². The molecule has 5 nitrogen and oxygen atoms in total. The van der Waals surface area contributed by atoms with Gasteiger partial charge in [-0.1, -0.05) is 25.9 Å². The van der Waals surface area contributed by atoms with Crippen LogP contribution in [0.3, 0.4) is 0 Å². The van der Waals surface area contributed by atoms with Crippen LogP contribution in [0.15, 0.2) is 4.52 Å². The van der Waals surface area contributed by atoms with Gasteiger partial charge in [0.15, 0.2) is 5.82 Å². The summed E-state index contributed by atoms with van der Waals surface area (Å²) in [6.45, 7) is 6.72. The summed E-state index contributed by atoms with van der Waals surface area (Å²) in [7, 11) is 0. The van der Waals surface area contributed by atoms with E-state index >= 15 is 0 Å². The average molecular weight is 211 g/mol. The normalized spacial score (nSPS) is 27.2. The molecule has 1 aromatic rings. The first kappa shape index (κ1) is 10.6. The third-order valence-electron chi connectivity index (χ3n) is 2.52. The van der Waals surface area contributed by atoms with Crippen molar-refractivity contribution in [1.29, 1.82) is 0 Å². The minimum Gasteiger partial charge on any atom is -0.392 e. The SMILES string of the molecule is CC(C)(C)c1noc([C@H]2C[C@H](O)CN2)n1. The molecule has 0 aliphatic carbocycles. The molecular formula is C10H17N3O2. The van der Waals surface area contributed by atoms with Crippen molar-refractivity contribution in [2.24, 2.45) is 0 Å². The van der Waals surface area contributed by atoms with Gasteiger partial charge in [0, 0.05) is 12.0 Å². The lowest BCUT2D eigenvalue weighted by atomic mass is 9.96. The summed E-state index contributed by atoms with van der Waals surface area (Å²) < 4.78 is 5.19. The van der Waals surface area contributed by atoms with Crippen molar-refractivity contribution in [1.82, 2.24) is 15.5 Å². The fourth-order valence-corrected chi connectivity index (χ4v) is 1.59. The van der Waals surface area contributed by atoms with E-state index in [2.05, 4.69) is 15.5 Å². The van der Waals surface area contributed by atoms with E-state index in [0.717, 1.165) is 0 Å². The third kappa shape index (κ3) is 2.18. The van der Waals surface area contributed by atoms with Gasteiger partial charge in [0.2, 0.25) is 5.89 Å². The van der Waals surface area contributed by atoms with E-state index in [1.165, 1.54) is 0 Å². The highest BCUT2D eigenvalue weighted by Crippen LogP contribution is 2.25. The van der Waals surface area contributed by atoms with Crippen molar-refractivity contribution in [2.75, 3.05) is 6.54 Å². The molecule has 0 unspecified atom stereocenters. The van der Waals surface area contributed by atoms with Crippen LogP contribution in [0.25, 0.3) is 0 Å². The first-order valence-corrected chi connectivity index (χ1v) is 5.22. The first-order valence-electron chi connectivity index (χ1n) is 5.22. The van der Waals surface area contributed by atoms with Crippen molar-refractivity contribution < 1.29 is 9.63 Å². The summed E-state index contributed by atoms with van der Waals surface area (Å²) in [5.74, 6) is 1.29. The second kappa shape index (κ2) is 3.57. The maximum atomic E-state index is 9.38.